The van der Waals surface area contributed by atoms with E-state index in [4.69, 9.17) is 12.2 Å². The second kappa shape index (κ2) is 8.16. The lowest BCUT2D eigenvalue weighted by atomic mass is 10.2. The number of anilines is 1. The fraction of sp³-hybridized carbons (Fsp3) is 0. The zero-order valence-electron chi connectivity index (χ0n) is 14.3. The predicted octanol–water partition coefficient (Wildman–Crippen LogP) is 5.42. The van der Waals surface area contributed by atoms with Crippen molar-refractivity contribution in [3.8, 4) is 17.1 Å². The summed E-state index contributed by atoms with van der Waals surface area (Å²) in [7, 11) is 0. The number of thioether (sulfide) groups is 1. The highest BCUT2D eigenvalue weighted by atomic mass is 32.2. The third-order valence-electron chi connectivity index (χ3n) is 3.88. The third-order valence-corrected chi connectivity index (χ3v) is 4.97. The van der Waals surface area contributed by atoms with E-state index in [0.29, 0.717) is 9.48 Å². The van der Waals surface area contributed by atoms with Gasteiger partial charge in [0.25, 0.3) is 0 Å². The fourth-order valence-corrected chi connectivity index (χ4v) is 3.71. The van der Waals surface area contributed by atoms with E-state index >= 15 is 0 Å². The molecule has 0 spiro atoms. The molecule has 0 saturated carbocycles. The molecule has 27 heavy (non-hydrogen) atoms. The SMILES string of the molecule is S=C(Nc1ccccc1)Sc1nnc(-c2ccccc2)n1-c1ccccc1. The Morgan fingerprint density at radius 1 is 0.778 bits per heavy atom. The number of benzene rings is 3. The molecular weight excluding hydrogens is 372 g/mol. The van der Waals surface area contributed by atoms with Gasteiger partial charge in [-0.3, -0.25) is 4.57 Å². The largest absolute Gasteiger partial charge is 0.341 e. The molecule has 0 unspecified atom stereocenters. The first-order valence-corrected chi connectivity index (χ1v) is 9.64. The van der Waals surface area contributed by atoms with Gasteiger partial charge in [0, 0.05) is 16.9 Å². The van der Waals surface area contributed by atoms with Gasteiger partial charge in [-0.15, -0.1) is 10.2 Å². The molecule has 4 nitrogen and oxygen atoms in total. The summed E-state index contributed by atoms with van der Waals surface area (Å²) in [5.41, 5.74) is 2.94. The average Bonchev–Trinajstić information content (AvgIpc) is 3.13. The lowest BCUT2D eigenvalue weighted by Crippen LogP contribution is -2.07. The van der Waals surface area contributed by atoms with Crippen LogP contribution in [0.1, 0.15) is 0 Å². The van der Waals surface area contributed by atoms with Gasteiger partial charge in [0.2, 0.25) is 5.16 Å². The van der Waals surface area contributed by atoms with Gasteiger partial charge in [0.1, 0.15) is 4.32 Å². The first kappa shape index (κ1) is 17.5. The van der Waals surface area contributed by atoms with Crippen molar-refractivity contribution in [2.24, 2.45) is 0 Å². The first-order valence-electron chi connectivity index (χ1n) is 8.41. The van der Waals surface area contributed by atoms with Crippen LogP contribution in [-0.2, 0) is 0 Å². The highest BCUT2D eigenvalue weighted by Crippen LogP contribution is 2.28. The number of nitrogens with zero attached hydrogens (tertiary/aromatic N) is 3. The molecule has 1 heterocycles. The summed E-state index contributed by atoms with van der Waals surface area (Å²) < 4.78 is 2.64. The number of rotatable bonds is 4. The Hall–Kier alpha value is -2.96. The quantitative estimate of drug-likeness (QED) is 0.373. The van der Waals surface area contributed by atoms with Crippen molar-refractivity contribution in [2.75, 3.05) is 5.32 Å². The Bertz CT molecular complexity index is 1030. The predicted molar refractivity (Wildman–Crippen MR) is 115 cm³/mol. The standard InChI is InChI=1S/C21H16N4S2/c26-21(22-17-12-6-2-7-13-17)27-20-24-23-19(16-10-4-1-5-11-16)25(20)18-14-8-3-9-15-18/h1-15H,(H,22,26). The van der Waals surface area contributed by atoms with E-state index in [-0.39, 0.29) is 0 Å². The smallest absolute Gasteiger partial charge is 0.203 e. The maximum absolute atomic E-state index is 5.52. The van der Waals surface area contributed by atoms with E-state index in [1.165, 1.54) is 11.8 Å². The van der Waals surface area contributed by atoms with Crippen LogP contribution in [0.25, 0.3) is 17.1 Å². The Kier molecular flexibility index (Phi) is 5.27. The average molecular weight is 389 g/mol. The van der Waals surface area contributed by atoms with Crippen molar-refractivity contribution in [3.05, 3.63) is 91.0 Å². The fourth-order valence-electron chi connectivity index (χ4n) is 2.67. The number of hydrogen-bond acceptors (Lipinski definition) is 4. The second-order valence-corrected chi connectivity index (χ2v) is 7.37. The molecule has 0 radical (unpaired) electrons. The third kappa shape index (κ3) is 4.07. The molecule has 0 amide bonds. The van der Waals surface area contributed by atoms with E-state index in [0.717, 1.165) is 22.8 Å². The van der Waals surface area contributed by atoms with Crippen LogP contribution in [0.4, 0.5) is 5.69 Å². The highest BCUT2D eigenvalue weighted by molar-refractivity contribution is 8.23. The van der Waals surface area contributed by atoms with E-state index in [1.807, 2.05) is 95.6 Å². The summed E-state index contributed by atoms with van der Waals surface area (Å²) >= 11 is 6.91. The Balaban J connectivity index is 1.69. The maximum atomic E-state index is 5.52. The van der Waals surface area contributed by atoms with Crippen molar-refractivity contribution in [1.29, 1.82) is 0 Å². The van der Waals surface area contributed by atoms with Gasteiger partial charge in [0.05, 0.1) is 0 Å². The van der Waals surface area contributed by atoms with Crippen molar-refractivity contribution in [1.82, 2.24) is 14.8 Å². The number of nitrogens with one attached hydrogen (secondary N) is 1. The molecule has 132 valence electrons. The molecule has 0 atom stereocenters. The Labute approximate surface area is 167 Å². The van der Waals surface area contributed by atoms with E-state index in [1.54, 1.807) is 0 Å². The molecule has 6 heteroatoms. The lowest BCUT2D eigenvalue weighted by molar-refractivity contribution is 0.890. The Morgan fingerprint density at radius 2 is 1.37 bits per heavy atom. The lowest BCUT2D eigenvalue weighted by Gasteiger charge is -2.11. The summed E-state index contributed by atoms with van der Waals surface area (Å²) in [6, 6.07) is 29.9. The van der Waals surface area contributed by atoms with Crippen LogP contribution >= 0.6 is 24.0 Å². The highest BCUT2D eigenvalue weighted by Gasteiger charge is 2.17. The minimum absolute atomic E-state index is 0.616. The van der Waals surface area contributed by atoms with Crippen molar-refractivity contribution < 1.29 is 0 Å². The van der Waals surface area contributed by atoms with Crippen LogP contribution in [0.15, 0.2) is 96.2 Å². The number of thiocarbonyl (C=S) groups is 1. The topological polar surface area (TPSA) is 42.7 Å². The van der Waals surface area contributed by atoms with Gasteiger partial charge in [-0.05, 0) is 36.0 Å². The second-order valence-electron chi connectivity index (χ2n) is 5.72. The van der Waals surface area contributed by atoms with Gasteiger partial charge >= 0.3 is 0 Å². The van der Waals surface area contributed by atoms with Crippen molar-refractivity contribution in [2.45, 2.75) is 5.16 Å². The van der Waals surface area contributed by atoms with E-state index in [9.17, 15) is 0 Å². The molecular formula is C21H16N4S2. The first-order chi connectivity index (χ1) is 13.3. The summed E-state index contributed by atoms with van der Waals surface area (Å²) in [5.74, 6) is 0.784. The molecule has 4 rings (SSSR count). The van der Waals surface area contributed by atoms with E-state index < -0.39 is 0 Å². The molecule has 0 aliphatic heterocycles. The molecule has 0 bridgehead atoms. The van der Waals surface area contributed by atoms with Crippen LogP contribution in [0.5, 0.6) is 0 Å². The zero-order valence-corrected chi connectivity index (χ0v) is 16.0. The van der Waals surface area contributed by atoms with Crippen molar-refractivity contribution >= 4 is 34.0 Å². The molecule has 3 aromatic carbocycles. The van der Waals surface area contributed by atoms with E-state index in [2.05, 4.69) is 15.5 Å². The molecule has 4 aromatic rings. The number of aromatic nitrogens is 3. The minimum atomic E-state index is 0.616. The molecule has 0 aliphatic rings. The number of para-hydroxylation sites is 2. The molecule has 0 fully saturated rings. The minimum Gasteiger partial charge on any atom is -0.341 e. The summed E-state index contributed by atoms with van der Waals surface area (Å²) in [6.07, 6.45) is 0. The summed E-state index contributed by atoms with van der Waals surface area (Å²) in [5, 5.41) is 12.8. The van der Waals surface area contributed by atoms with Gasteiger partial charge in [-0.2, -0.15) is 0 Å². The molecule has 1 N–H and O–H groups in total. The summed E-state index contributed by atoms with van der Waals surface area (Å²) in [4.78, 5) is 0. The maximum Gasteiger partial charge on any atom is 0.203 e. The van der Waals surface area contributed by atoms with Crippen LogP contribution in [0.2, 0.25) is 0 Å². The van der Waals surface area contributed by atoms with Gasteiger partial charge in [0.15, 0.2) is 5.82 Å². The van der Waals surface area contributed by atoms with Crippen LogP contribution in [-0.4, -0.2) is 19.1 Å². The van der Waals surface area contributed by atoms with Crippen molar-refractivity contribution in [3.63, 3.8) is 0 Å². The van der Waals surface area contributed by atoms with Crippen LogP contribution in [0, 0.1) is 0 Å². The normalized spacial score (nSPS) is 10.5. The van der Waals surface area contributed by atoms with Gasteiger partial charge in [-0.25, -0.2) is 0 Å². The monoisotopic (exact) mass is 388 g/mol. The van der Waals surface area contributed by atoms with Gasteiger partial charge in [-0.1, -0.05) is 78.9 Å². The molecule has 0 aliphatic carbocycles. The van der Waals surface area contributed by atoms with Gasteiger partial charge < -0.3 is 5.32 Å². The van der Waals surface area contributed by atoms with Crippen LogP contribution < -0.4 is 5.32 Å². The number of hydrogen-bond donors (Lipinski definition) is 1. The molecule has 0 saturated heterocycles. The zero-order chi connectivity index (χ0) is 18.5. The molecule has 1 aromatic heterocycles. The Morgan fingerprint density at radius 3 is 2.04 bits per heavy atom. The summed E-state index contributed by atoms with van der Waals surface area (Å²) in [6.45, 7) is 0. The van der Waals surface area contributed by atoms with Crippen LogP contribution in [0.3, 0.4) is 0 Å².